The van der Waals surface area contributed by atoms with E-state index in [1.807, 2.05) is 0 Å². The maximum Gasteiger partial charge on any atom is 0.212 e. The molecule has 0 aliphatic carbocycles. The van der Waals surface area contributed by atoms with Gasteiger partial charge in [-0.25, -0.2) is 13.1 Å². The minimum atomic E-state index is -3.10. The third-order valence-electron chi connectivity index (χ3n) is 3.42. The lowest BCUT2D eigenvalue weighted by molar-refractivity contribution is -0.184. The molecule has 2 heterocycles. The van der Waals surface area contributed by atoms with Crippen LogP contribution in [0, 0.1) is 0 Å². The summed E-state index contributed by atoms with van der Waals surface area (Å²) in [5, 5.41) is 0. The highest BCUT2D eigenvalue weighted by molar-refractivity contribution is 7.89. The fourth-order valence-electron chi connectivity index (χ4n) is 2.25. The second-order valence-corrected chi connectivity index (χ2v) is 6.52. The van der Waals surface area contributed by atoms with Crippen LogP contribution in [0.2, 0.25) is 0 Å². The van der Waals surface area contributed by atoms with Crippen LogP contribution in [0.15, 0.2) is 0 Å². The number of hydrogen-bond donors (Lipinski definition) is 1. The van der Waals surface area contributed by atoms with Crippen molar-refractivity contribution in [3.05, 3.63) is 0 Å². The first-order chi connectivity index (χ1) is 8.05. The van der Waals surface area contributed by atoms with Crippen molar-refractivity contribution in [3.63, 3.8) is 0 Å². The molecular weight excluding hydrogens is 244 g/mol. The van der Waals surface area contributed by atoms with Gasteiger partial charge in [-0.3, -0.25) is 0 Å². The zero-order valence-corrected chi connectivity index (χ0v) is 11.0. The summed E-state index contributed by atoms with van der Waals surface area (Å²) >= 11 is 0. The summed E-state index contributed by atoms with van der Waals surface area (Å²) in [7, 11) is -1.66. The van der Waals surface area contributed by atoms with Gasteiger partial charge >= 0.3 is 0 Å². The Balaban J connectivity index is 1.76. The van der Waals surface area contributed by atoms with Crippen LogP contribution in [-0.2, 0) is 19.5 Å². The molecule has 2 aliphatic rings. The van der Waals surface area contributed by atoms with Gasteiger partial charge in [-0.05, 0) is 7.05 Å². The molecular formula is C10H20N2O4S. The summed E-state index contributed by atoms with van der Waals surface area (Å²) in [5.74, 6) is -0.226. The first kappa shape index (κ1) is 13.2. The Hall–Kier alpha value is -0.210. The monoisotopic (exact) mass is 264 g/mol. The molecule has 2 fully saturated rings. The van der Waals surface area contributed by atoms with Gasteiger partial charge in [0.1, 0.15) is 0 Å². The second-order valence-electron chi connectivity index (χ2n) is 4.47. The summed E-state index contributed by atoms with van der Waals surface area (Å²) in [5.41, 5.74) is 0. The van der Waals surface area contributed by atoms with E-state index in [-0.39, 0.29) is 11.5 Å². The predicted octanol–water partition coefficient (Wildman–Crippen LogP) is -0.625. The minimum absolute atomic E-state index is 0.151. The zero-order chi connectivity index (χ0) is 12.4. The number of hydrogen-bond acceptors (Lipinski definition) is 5. The molecule has 0 atom stereocenters. The number of sulfonamides is 1. The van der Waals surface area contributed by atoms with Gasteiger partial charge in [-0.15, -0.1) is 0 Å². The topological polar surface area (TPSA) is 67.9 Å². The van der Waals surface area contributed by atoms with E-state index in [9.17, 15) is 8.42 Å². The van der Waals surface area contributed by atoms with E-state index in [2.05, 4.69) is 9.62 Å². The van der Waals surface area contributed by atoms with Gasteiger partial charge in [-0.2, -0.15) is 0 Å². The Morgan fingerprint density at radius 3 is 2.35 bits per heavy atom. The van der Waals surface area contributed by atoms with Gasteiger partial charge in [0.15, 0.2) is 5.79 Å². The molecule has 2 rings (SSSR count). The SMILES string of the molecule is CNS(=O)(=O)CCN1CCC2(CC1)OCCO2. The number of rotatable bonds is 4. The molecule has 100 valence electrons. The van der Waals surface area contributed by atoms with Crippen molar-refractivity contribution in [3.8, 4) is 0 Å². The maximum absolute atomic E-state index is 11.3. The zero-order valence-electron chi connectivity index (χ0n) is 10.1. The van der Waals surface area contributed by atoms with E-state index < -0.39 is 10.0 Å². The molecule has 0 amide bonds. The second kappa shape index (κ2) is 5.19. The highest BCUT2D eigenvalue weighted by Gasteiger charge is 2.39. The maximum atomic E-state index is 11.3. The third-order valence-corrected chi connectivity index (χ3v) is 4.76. The highest BCUT2D eigenvalue weighted by Crippen LogP contribution is 2.30. The van der Waals surface area contributed by atoms with Gasteiger partial charge in [0, 0.05) is 32.5 Å². The van der Waals surface area contributed by atoms with E-state index >= 15 is 0 Å². The average Bonchev–Trinajstić information content (AvgIpc) is 2.77. The Kier molecular flexibility index (Phi) is 4.04. The van der Waals surface area contributed by atoms with E-state index in [4.69, 9.17) is 9.47 Å². The molecule has 0 radical (unpaired) electrons. The van der Waals surface area contributed by atoms with E-state index in [1.54, 1.807) is 0 Å². The van der Waals surface area contributed by atoms with Crippen LogP contribution < -0.4 is 4.72 Å². The van der Waals surface area contributed by atoms with Crippen LogP contribution in [0.1, 0.15) is 12.8 Å². The highest BCUT2D eigenvalue weighted by atomic mass is 32.2. The summed E-state index contributed by atoms with van der Waals surface area (Å²) in [6.45, 7) is 3.58. The number of nitrogens with one attached hydrogen (secondary N) is 1. The molecule has 1 spiro atoms. The summed E-state index contributed by atoms with van der Waals surface area (Å²) in [6, 6.07) is 0. The molecule has 2 aliphatic heterocycles. The molecule has 0 aromatic heterocycles. The van der Waals surface area contributed by atoms with Crippen LogP contribution in [0.5, 0.6) is 0 Å². The Labute approximate surface area is 102 Å². The Morgan fingerprint density at radius 1 is 1.24 bits per heavy atom. The van der Waals surface area contributed by atoms with E-state index in [0.29, 0.717) is 19.8 Å². The molecule has 2 saturated heterocycles. The average molecular weight is 264 g/mol. The van der Waals surface area contributed by atoms with Gasteiger partial charge in [-0.1, -0.05) is 0 Å². The largest absolute Gasteiger partial charge is 0.347 e. The number of likely N-dealkylation sites (tertiary alicyclic amines) is 1. The van der Waals surface area contributed by atoms with Crippen LogP contribution in [0.25, 0.3) is 0 Å². The molecule has 1 N–H and O–H groups in total. The van der Waals surface area contributed by atoms with Crippen molar-refractivity contribution < 1.29 is 17.9 Å². The molecule has 0 aromatic carbocycles. The molecule has 0 saturated carbocycles. The lowest BCUT2D eigenvalue weighted by atomic mass is 10.0. The molecule has 17 heavy (non-hydrogen) atoms. The Bertz CT molecular complexity index is 341. The number of ether oxygens (including phenoxy) is 2. The molecule has 0 aromatic rings. The normalized spacial score (nSPS) is 25.5. The first-order valence-corrected chi connectivity index (χ1v) is 7.62. The third kappa shape index (κ3) is 3.38. The lowest BCUT2D eigenvalue weighted by Gasteiger charge is -2.37. The van der Waals surface area contributed by atoms with E-state index in [0.717, 1.165) is 25.9 Å². The quantitative estimate of drug-likeness (QED) is 0.732. The lowest BCUT2D eigenvalue weighted by Crippen LogP contribution is -2.46. The summed E-state index contributed by atoms with van der Waals surface area (Å²) in [4.78, 5) is 2.14. The molecule has 0 bridgehead atoms. The first-order valence-electron chi connectivity index (χ1n) is 5.97. The predicted molar refractivity (Wildman–Crippen MR) is 63.2 cm³/mol. The van der Waals surface area contributed by atoms with Gasteiger partial charge in [0.25, 0.3) is 0 Å². The van der Waals surface area contributed by atoms with Crippen molar-refractivity contribution in [2.45, 2.75) is 18.6 Å². The van der Waals surface area contributed by atoms with Crippen LogP contribution >= 0.6 is 0 Å². The van der Waals surface area contributed by atoms with Gasteiger partial charge < -0.3 is 14.4 Å². The van der Waals surface area contributed by atoms with Gasteiger partial charge in [0.05, 0.1) is 19.0 Å². The molecule has 6 nitrogen and oxygen atoms in total. The fourth-order valence-corrected chi connectivity index (χ4v) is 2.96. The van der Waals surface area contributed by atoms with Crippen molar-refractivity contribution >= 4 is 10.0 Å². The molecule has 7 heteroatoms. The summed E-state index contributed by atoms with van der Waals surface area (Å²) in [6.07, 6.45) is 1.65. The minimum Gasteiger partial charge on any atom is -0.347 e. The number of nitrogens with zero attached hydrogens (tertiary/aromatic N) is 1. The van der Waals surface area contributed by atoms with Crippen molar-refractivity contribution in [2.75, 3.05) is 45.6 Å². The smallest absolute Gasteiger partial charge is 0.212 e. The van der Waals surface area contributed by atoms with Crippen molar-refractivity contribution in [1.29, 1.82) is 0 Å². The van der Waals surface area contributed by atoms with Crippen molar-refractivity contribution in [1.82, 2.24) is 9.62 Å². The fraction of sp³-hybridized carbons (Fsp3) is 1.00. The number of piperidine rings is 1. The van der Waals surface area contributed by atoms with Crippen molar-refractivity contribution in [2.24, 2.45) is 0 Å². The Morgan fingerprint density at radius 2 is 1.82 bits per heavy atom. The molecule has 0 unspecified atom stereocenters. The van der Waals surface area contributed by atoms with Crippen LogP contribution in [0.4, 0.5) is 0 Å². The van der Waals surface area contributed by atoms with Crippen LogP contribution in [0.3, 0.4) is 0 Å². The van der Waals surface area contributed by atoms with E-state index in [1.165, 1.54) is 7.05 Å². The standard InChI is InChI=1S/C10H20N2O4S/c1-11-17(13,14)9-6-12-4-2-10(3-5-12)15-7-8-16-10/h11H,2-9H2,1H3. The summed E-state index contributed by atoms with van der Waals surface area (Å²) < 4.78 is 36.2. The van der Waals surface area contributed by atoms with Gasteiger partial charge in [0.2, 0.25) is 10.0 Å². The van der Waals surface area contributed by atoms with Crippen LogP contribution in [-0.4, -0.2) is 64.8 Å².